The van der Waals surface area contributed by atoms with E-state index in [4.69, 9.17) is 4.74 Å². The quantitative estimate of drug-likeness (QED) is 0.719. The van der Waals surface area contributed by atoms with E-state index in [0.717, 1.165) is 18.4 Å². The van der Waals surface area contributed by atoms with E-state index in [0.29, 0.717) is 6.54 Å². The van der Waals surface area contributed by atoms with Crippen LogP contribution in [-0.2, 0) is 15.1 Å². The van der Waals surface area contributed by atoms with Gasteiger partial charge in [0.05, 0.1) is 5.54 Å². The van der Waals surface area contributed by atoms with Crippen LogP contribution in [0.15, 0.2) is 36.9 Å². The zero-order chi connectivity index (χ0) is 22.0. The highest BCUT2D eigenvalue weighted by molar-refractivity contribution is 5.87. The van der Waals surface area contributed by atoms with Gasteiger partial charge in [-0.05, 0) is 58.2 Å². The van der Waals surface area contributed by atoms with E-state index in [2.05, 4.69) is 11.9 Å². The summed E-state index contributed by atoms with van der Waals surface area (Å²) in [5.74, 6) is -0.518. The molecule has 160 valence electrons. The van der Waals surface area contributed by atoms with Gasteiger partial charge in [0.25, 0.3) is 0 Å². The highest BCUT2D eigenvalue weighted by atomic mass is 19.1. The number of hydrogen-bond donors (Lipinski definition) is 1. The van der Waals surface area contributed by atoms with Crippen molar-refractivity contribution in [2.75, 3.05) is 6.54 Å². The Labute approximate surface area is 173 Å². The third-order valence-electron chi connectivity index (χ3n) is 5.55. The second kappa shape index (κ2) is 8.17. The van der Waals surface area contributed by atoms with Gasteiger partial charge in [-0.2, -0.15) is 0 Å². The molecule has 0 saturated carbocycles. The Hall–Kier alpha value is -2.37. The molecular formula is C23H33FN2O3. The number of alkyl carbamates (subject to hydrolysis) is 1. The Balaban J connectivity index is 2.35. The first-order chi connectivity index (χ1) is 13.3. The number of benzene rings is 1. The highest BCUT2D eigenvalue weighted by Gasteiger charge is 2.46. The van der Waals surface area contributed by atoms with E-state index < -0.39 is 28.7 Å². The van der Waals surface area contributed by atoms with Gasteiger partial charge >= 0.3 is 6.09 Å². The van der Waals surface area contributed by atoms with Crippen molar-refractivity contribution in [3.05, 3.63) is 48.3 Å². The summed E-state index contributed by atoms with van der Waals surface area (Å²) in [6, 6.07) is 5.41. The fourth-order valence-corrected chi connectivity index (χ4v) is 3.69. The van der Waals surface area contributed by atoms with Crippen LogP contribution in [0.2, 0.25) is 0 Å². The number of ether oxygens (including phenoxy) is 1. The average Bonchev–Trinajstić information content (AvgIpc) is 3.01. The molecule has 1 saturated heterocycles. The van der Waals surface area contributed by atoms with Crippen LogP contribution in [-0.4, -0.2) is 35.1 Å². The van der Waals surface area contributed by atoms with Gasteiger partial charge in [0.2, 0.25) is 5.91 Å². The van der Waals surface area contributed by atoms with Crippen LogP contribution in [0.3, 0.4) is 0 Å². The van der Waals surface area contributed by atoms with Crippen molar-refractivity contribution in [1.82, 2.24) is 10.2 Å². The molecule has 1 aromatic carbocycles. The molecule has 6 heteroatoms. The second-order valence-corrected chi connectivity index (χ2v) is 9.48. The molecule has 1 fully saturated rings. The SMILES string of the molecule is C=CC(C)(C)[C@H](NC(=O)OC(C)(C)C)C(=O)N1CCC[C@]1(C)c1ccc(F)cc1. The van der Waals surface area contributed by atoms with Crippen LogP contribution in [0.25, 0.3) is 0 Å². The van der Waals surface area contributed by atoms with Crippen molar-refractivity contribution < 1.29 is 18.7 Å². The van der Waals surface area contributed by atoms with Gasteiger partial charge in [-0.3, -0.25) is 4.79 Å². The smallest absolute Gasteiger partial charge is 0.408 e. The fourth-order valence-electron chi connectivity index (χ4n) is 3.69. The maximum absolute atomic E-state index is 13.6. The molecule has 5 nitrogen and oxygen atoms in total. The number of rotatable bonds is 5. The summed E-state index contributed by atoms with van der Waals surface area (Å²) in [5.41, 5.74) is -1.07. The maximum Gasteiger partial charge on any atom is 0.408 e. The average molecular weight is 405 g/mol. The molecule has 1 aliphatic heterocycles. The normalized spacial score (nSPS) is 20.9. The molecule has 0 bridgehead atoms. The third kappa shape index (κ3) is 5.17. The number of carbonyl (C=O) groups excluding carboxylic acids is 2. The maximum atomic E-state index is 13.6. The molecule has 1 aromatic rings. The van der Waals surface area contributed by atoms with Crippen molar-refractivity contribution in [2.45, 2.75) is 71.6 Å². The molecule has 2 amide bonds. The Kier molecular flexibility index (Phi) is 6.45. The molecule has 2 atom stereocenters. The Morgan fingerprint density at radius 1 is 1.24 bits per heavy atom. The number of nitrogens with zero attached hydrogens (tertiary/aromatic N) is 1. The number of amides is 2. The number of hydrogen-bond acceptors (Lipinski definition) is 3. The summed E-state index contributed by atoms with van der Waals surface area (Å²) in [6.45, 7) is 15.4. The first-order valence-corrected chi connectivity index (χ1v) is 10.0. The predicted molar refractivity (Wildman–Crippen MR) is 112 cm³/mol. The summed E-state index contributed by atoms with van der Waals surface area (Å²) in [4.78, 5) is 27.9. The van der Waals surface area contributed by atoms with Crippen LogP contribution in [0, 0.1) is 11.2 Å². The molecule has 1 N–H and O–H groups in total. The van der Waals surface area contributed by atoms with Gasteiger partial charge in [0.15, 0.2) is 0 Å². The monoisotopic (exact) mass is 404 g/mol. The number of likely N-dealkylation sites (tertiary alicyclic amines) is 1. The van der Waals surface area contributed by atoms with Crippen LogP contribution < -0.4 is 5.32 Å². The lowest BCUT2D eigenvalue weighted by molar-refractivity contribution is -0.139. The van der Waals surface area contributed by atoms with E-state index in [1.807, 2.05) is 20.8 Å². The van der Waals surface area contributed by atoms with Crippen molar-refractivity contribution in [3.63, 3.8) is 0 Å². The summed E-state index contributed by atoms with van der Waals surface area (Å²) in [7, 11) is 0. The molecule has 0 radical (unpaired) electrons. The molecule has 29 heavy (non-hydrogen) atoms. The van der Waals surface area contributed by atoms with E-state index in [9.17, 15) is 14.0 Å². The standard InChI is InChI=1S/C23H33FN2O3/c1-8-22(5,6)18(25-20(28)29-21(2,3)4)19(27)26-15-9-14-23(26,7)16-10-12-17(24)13-11-16/h8,10-13,18H,1,9,14-15H2,2-7H3,(H,25,28)/t18-,23-/m1/s1. The van der Waals surface area contributed by atoms with Crippen LogP contribution in [0.1, 0.15) is 59.9 Å². The lowest BCUT2D eigenvalue weighted by atomic mass is 9.82. The van der Waals surface area contributed by atoms with Crippen molar-refractivity contribution in [1.29, 1.82) is 0 Å². The summed E-state index contributed by atoms with van der Waals surface area (Å²) < 4.78 is 18.8. The molecule has 0 aliphatic carbocycles. The first kappa shape index (κ1) is 22.9. The van der Waals surface area contributed by atoms with Crippen molar-refractivity contribution in [2.24, 2.45) is 5.41 Å². The second-order valence-electron chi connectivity index (χ2n) is 9.48. The van der Waals surface area contributed by atoms with Crippen LogP contribution in [0.4, 0.5) is 9.18 Å². The topological polar surface area (TPSA) is 58.6 Å². The molecule has 0 aromatic heterocycles. The molecular weight excluding hydrogens is 371 g/mol. The van der Waals surface area contributed by atoms with Gasteiger partial charge < -0.3 is 15.0 Å². The van der Waals surface area contributed by atoms with Gasteiger partial charge in [-0.15, -0.1) is 6.58 Å². The molecule has 1 aliphatic rings. The van der Waals surface area contributed by atoms with Crippen molar-refractivity contribution >= 4 is 12.0 Å². The van der Waals surface area contributed by atoms with Gasteiger partial charge in [-0.25, -0.2) is 9.18 Å². The summed E-state index contributed by atoms with van der Waals surface area (Å²) in [5, 5.41) is 2.76. The minimum Gasteiger partial charge on any atom is -0.444 e. The Morgan fingerprint density at radius 3 is 2.34 bits per heavy atom. The van der Waals surface area contributed by atoms with Gasteiger partial charge in [0.1, 0.15) is 17.5 Å². The Morgan fingerprint density at radius 2 is 1.83 bits per heavy atom. The zero-order valence-corrected chi connectivity index (χ0v) is 18.3. The fraction of sp³-hybridized carbons (Fsp3) is 0.565. The van der Waals surface area contributed by atoms with Crippen LogP contribution in [0.5, 0.6) is 0 Å². The molecule has 2 rings (SSSR count). The number of halogens is 1. The van der Waals surface area contributed by atoms with E-state index >= 15 is 0 Å². The van der Waals surface area contributed by atoms with Crippen molar-refractivity contribution in [3.8, 4) is 0 Å². The predicted octanol–water partition coefficient (Wildman–Crippen LogP) is 4.77. The first-order valence-electron chi connectivity index (χ1n) is 10.0. The summed E-state index contributed by atoms with van der Waals surface area (Å²) >= 11 is 0. The zero-order valence-electron chi connectivity index (χ0n) is 18.3. The minimum absolute atomic E-state index is 0.204. The van der Waals surface area contributed by atoms with E-state index in [-0.39, 0.29) is 11.7 Å². The largest absolute Gasteiger partial charge is 0.444 e. The highest BCUT2D eigenvalue weighted by Crippen LogP contribution is 2.40. The molecule has 1 heterocycles. The molecule has 0 spiro atoms. The number of carbonyl (C=O) groups is 2. The Bertz CT molecular complexity index is 767. The lowest BCUT2D eigenvalue weighted by Crippen LogP contribution is -2.58. The van der Waals surface area contributed by atoms with E-state index in [1.165, 1.54) is 12.1 Å². The van der Waals surface area contributed by atoms with Gasteiger partial charge in [0, 0.05) is 12.0 Å². The minimum atomic E-state index is -0.840. The van der Waals surface area contributed by atoms with Crippen LogP contribution >= 0.6 is 0 Å². The third-order valence-corrected chi connectivity index (χ3v) is 5.55. The summed E-state index contributed by atoms with van der Waals surface area (Å²) in [6.07, 6.45) is 2.61. The van der Waals surface area contributed by atoms with Gasteiger partial charge in [-0.1, -0.05) is 32.1 Å². The number of nitrogens with one attached hydrogen (secondary N) is 1. The lowest BCUT2D eigenvalue weighted by Gasteiger charge is -2.41. The van der Waals surface area contributed by atoms with E-state index in [1.54, 1.807) is 43.9 Å². The molecule has 0 unspecified atom stereocenters.